The molecule has 0 fully saturated rings. The van der Waals surface area contributed by atoms with Crippen LogP contribution in [0.4, 0.5) is 5.95 Å². The van der Waals surface area contributed by atoms with E-state index < -0.39 is 5.54 Å². The summed E-state index contributed by atoms with van der Waals surface area (Å²) in [4.78, 5) is 17.0. The van der Waals surface area contributed by atoms with Gasteiger partial charge in [-0.3, -0.25) is 4.57 Å². The Balaban J connectivity index is 2.29. The first-order valence-corrected chi connectivity index (χ1v) is 6.87. The van der Waals surface area contributed by atoms with Crippen LogP contribution >= 0.6 is 11.3 Å². The number of nitrogen functional groups attached to an aromatic ring is 1. The third-order valence-corrected chi connectivity index (χ3v) is 4.23. The molecule has 0 aliphatic heterocycles. The number of anilines is 1. The first-order chi connectivity index (χ1) is 9.55. The Labute approximate surface area is 119 Å². The Hall–Kier alpha value is -2.22. The normalized spacial score (nSPS) is 11.9. The molecular weight excluding hydrogens is 276 g/mol. The van der Waals surface area contributed by atoms with Crippen LogP contribution in [-0.4, -0.2) is 31.6 Å². The number of imidazole rings is 1. The van der Waals surface area contributed by atoms with E-state index in [4.69, 9.17) is 10.5 Å². The second kappa shape index (κ2) is 4.41. The quantitative estimate of drug-likeness (QED) is 0.788. The summed E-state index contributed by atoms with van der Waals surface area (Å²) in [5.41, 5.74) is 6.81. The van der Waals surface area contributed by atoms with Crippen LogP contribution in [0.1, 0.15) is 18.9 Å². The van der Waals surface area contributed by atoms with E-state index in [1.807, 2.05) is 23.8 Å². The molecule has 0 aliphatic carbocycles. The summed E-state index contributed by atoms with van der Waals surface area (Å²) in [5, 5.41) is 2.86. The van der Waals surface area contributed by atoms with Crippen molar-refractivity contribution in [2.24, 2.45) is 0 Å². The maximum Gasteiger partial charge on any atom is 0.245 e. The topological polar surface area (TPSA) is 91.7 Å². The van der Waals surface area contributed by atoms with Gasteiger partial charge in [0.25, 0.3) is 0 Å². The summed E-state index contributed by atoms with van der Waals surface area (Å²) in [7, 11) is 1.54. The Kier molecular flexibility index (Phi) is 2.82. The van der Waals surface area contributed by atoms with Crippen molar-refractivity contribution in [2.45, 2.75) is 19.4 Å². The van der Waals surface area contributed by atoms with Crippen LogP contribution in [0.25, 0.3) is 11.2 Å². The first kappa shape index (κ1) is 12.8. The van der Waals surface area contributed by atoms with Gasteiger partial charge in [0.05, 0.1) is 12.6 Å². The number of hydrogen-bond donors (Lipinski definition) is 1. The molecule has 0 bridgehead atoms. The number of ether oxygens (including phenoxy) is 1. The van der Waals surface area contributed by atoms with Gasteiger partial charge in [0.15, 0.2) is 11.2 Å². The number of aromatic nitrogens is 5. The monoisotopic (exact) mass is 290 g/mol. The largest absolute Gasteiger partial charge is 0.479 e. The smallest absolute Gasteiger partial charge is 0.245 e. The van der Waals surface area contributed by atoms with Crippen LogP contribution in [-0.2, 0) is 5.54 Å². The number of rotatable bonds is 3. The number of thiazole rings is 1. The highest BCUT2D eigenvalue weighted by Crippen LogP contribution is 2.34. The molecule has 3 heterocycles. The molecule has 0 spiro atoms. The average molecular weight is 290 g/mol. The minimum atomic E-state index is -0.452. The van der Waals surface area contributed by atoms with Gasteiger partial charge in [-0.25, -0.2) is 15.0 Å². The van der Waals surface area contributed by atoms with E-state index in [-0.39, 0.29) is 0 Å². The van der Waals surface area contributed by atoms with Crippen molar-refractivity contribution in [3.8, 4) is 5.88 Å². The summed E-state index contributed by atoms with van der Waals surface area (Å²) in [6, 6.07) is 0. The summed E-state index contributed by atoms with van der Waals surface area (Å²) in [6.07, 6.45) is 3.21. The van der Waals surface area contributed by atoms with E-state index in [1.54, 1.807) is 24.6 Å². The SMILES string of the molecule is COc1ncnc2c1nc(N)n2C(C)(C)c1nccs1. The Morgan fingerprint density at radius 2 is 2.10 bits per heavy atom. The van der Waals surface area contributed by atoms with Crippen molar-refractivity contribution in [1.29, 1.82) is 0 Å². The van der Waals surface area contributed by atoms with Crippen molar-refractivity contribution in [3.05, 3.63) is 22.9 Å². The number of fused-ring (bicyclic) bond motifs is 1. The van der Waals surface area contributed by atoms with Crippen LogP contribution in [0.5, 0.6) is 5.88 Å². The predicted octanol–water partition coefficient (Wildman–Crippen LogP) is 1.66. The maximum absolute atomic E-state index is 6.07. The minimum absolute atomic E-state index is 0.360. The second-order valence-corrected chi connectivity index (χ2v) is 5.65. The van der Waals surface area contributed by atoms with Crippen LogP contribution in [0.2, 0.25) is 0 Å². The van der Waals surface area contributed by atoms with E-state index >= 15 is 0 Å². The molecule has 3 rings (SSSR count). The standard InChI is InChI=1S/C12H14N6OS/c1-12(2,10-14-4-5-20-10)18-8-7(17-11(18)13)9(19-3)16-6-15-8/h4-6H,1-3H3,(H2,13,17). The van der Waals surface area contributed by atoms with Crippen LogP contribution in [0.3, 0.4) is 0 Å². The molecule has 0 aliphatic rings. The zero-order valence-electron chi connectivity index (χ0n) is 11.4. The molecule has 3 aromatic rings. The Morgan fingerprint density at radius 1 is 1.30 bits per heavy atom. The molecule has 3 aromatic heterocycles. The molecule has 0 saturated heterocycles. The zero-order chi connectivity index (χ0) is 14.3. The van der Waals surface area contributed by atoms with Gasteiger partial charge < -0.3 is 10.5 Å². The van der Waals surface area contributed by atoms with Gasteiger partial charge in [-0.05, 0) is 13.8 Å². The van der Waals surface area contributed by atoms with Gasteiger partial charge in [-0.1, -0.05) is 0 Å². The third kappa shape index (κ3) is 1.72. The molecule has 2 N–H and O–H groups in total. The summed E-state index contributed by atoms with van der Waals surface area (Å²) in [6.45, 7) is 4.05. The van der Waals surface area contributed by atoms with Crippen molar-refractivity contribution < 1.29 is 4.74 Å². The number of nitrogens with two attached hydrogens (primary N) is 1. The molecule has 0 unspecified atom stereocenters. The molecule has 0 amide bonds. The van der Waals surface area contributed by atoms with E-state index in [2.05, 4.69) is 19.9 Å². The summed E-state index contributed by atoms with van der Waals surface area (Å²) < 4.78 is 7.06. The van der Waals surface area contributed by atoms with Gasteiger partial charge in [-0.2, -0.15) is 4.98 Å². The lowest BCUT2D eigenvalue weighted by molar-refractivity contribution is 0.401. The Morgan fingerprint density at radius 3 is 2.75 bits per heavy atom. The van der Waals surface area contributed by atoms with Gasteiger partial charge in [0.2, 0.25) is 11.8 Å². The fourth-order valence-electron chi connectivity index (χ4n) is 2.21. The van der Waals surface area contributed by atoms with E-state index in [9.17, 15) is 0 Å². The van der Waals surface area contributed by atoms with Crippen molar-refractivity contribution in [3.63, 3.8) is 0 Å². The number of methoxy groups -OCH3 is 1. The summed E-state index contributed by atoms with van der Waals surface area (Å²) in [5.74, 6) is 0.773. The highest BCUT2D eigenvalue weighted by Gasteiger charge is 2.31. The molecule has 0 atom stereocenters. The molecular formula is C12H14N6OS. The third-order valence-electron chi connectivity index (χ3n) is 3.14. The minimum Gasteiger partial charge on any atom is -0.479 e. The fraction of sp³-hybridized carbons (Fsp3) is 0.333. The van der Waals surface area contributed by atoms with Crippen molar-refractivity contribution in [2.75, 3.05) is 12.8 Å². The molecule has 0 radical (unpaired) electrons. The van der Waals surface area contributed by atoms with Crippen LogP contribution in [0, 0.1) is 0 Å². The molecule has 104 valence electrons. The van der Waals surface area contributed by atoms with E-state index in [1.165, 1.54) is 6.33 Å². The lowest BCUT2D eigenvalue weighted by Gasteiger charge is -2.25. The maximum atomic E-state index is 6.07. The fourth-order valence-corrected chi connectivity index (χ4v) is 2.96. The highest BCUT2D eigenvalue weighted by atomic mass is 32.1. The van der Waals surface area contributed by atoms with Gasteiger partial charge in [-0.15, -0.1) is 11.3 Å². The van der Waals surface area contributed by atoms with E-state index in [0.717, 1.165) is 5.01 Å². The summed E-state index contributed by atoms with van der Waals surface area (Å²) >= 11 is 1.57. The zero-order valence-corrected chi connectivity index (χ0v) is 12.2. The van der Waals surface area contributed by atoms with Crippen molar-refractivity contribution >= 4 is 28.4 Å². The van der Waals surface area contributed by atoms with E-state index in [0.29, 0.717) is 23.0 Å². The van der Waals surface area contributed by atoms with Gasteiger partial charge in [0, 0.05) is 11.6 Å². The molecule has 0 saturated carbocycles. The van der Waals surface area contributed by atoms with Crippen LogP contribution < -0.4 is 10.5 Å². The van der Waals surface area contributed by atoms with Gasteiger partial charge >= 0.3 is 0 Å². The first-order valence-electron chi connectivity index (χ1n) is 5.99. The number of nitrogens with zero attached hydrogens (tertiary/aromatic N) is 5. The Bertz CT molecular complexity index is 749. The number of hydrogen-bond acceptors (Lipinski definition) is 7. The molecule has 0 aromatic carbocycles. The average Bonchev–Trinajstić information content (AvgIpc) is 3.04. The van der Waals surface area contributed by atoms with Crippen LogP contribution in [0.15, 0.2) is 17.9 Å². The van der Waals surface area contributed by atoms with Gasteiger partial charge in [0.1, 0.15) is 11.3 Å². The predicted molar refractivity (Wildman–Crippen MR) is 76.8 cm³/mol. The lowest BCUT2D eigenvalue weighted by Crippen LogP contribution is -2.29. The molecule has 7 nitrogen and oxygen atoms in total. The van der Waals surface area contributed by atoms with Crippen molar-refractivity contribution in [1.82, 2.24) is 24.5 Å². The molecule has 20 heavy (non-hydrogen) atoms. The second-order valence-electron chi connectivity index (χ2n) is 4.76. The molecule has 8 heteroatoms. The highest BCUT2D eigenvalue weighted by molar-refractivity contribution is 7.09. The lowest BCUT2D eigenvalue weighted by atomic mass is 10.1.